The van der Waals surface area contributed by atoms with Gasteiger partial charge in [-0.25, -0.2) is 0 Å². The fraction of sp³-hybridized carbons (Fsp3) is 0.214. The van der Waals surface area contributed by atoms with Crippen molar-refractivity contribution < 1.29 is 14.4 Å². The molecule has 1 aliphatic rings. The van der Waals surface area contributed by atoms with Gasteiger partial charge in [-0.2, -0.15) is 0 Å². The van der Waals surface area contributed by atoms with Crippen LogP contribution in [0, 0.1) is 0 Å². The van der Waals surface area contributed by atoms with Gasteiger partial charge in [0.05, 0.1) is 0 Å². The molecule has 0 aliphatic heterocycles. The smallest absolute Gasteiger partial charge is 0.216 e. The fourth-order valence-electron chi connectivity index (χ4n) is 1.93. The molecule has 1 amide bonds. The molecule has 0 atom stereocenters. The molecular formula is C14H13NO3. The zero-order valence-corrected chi connectivity index (χ0v) is 10.0. The van der Waals surface area contributed by atoms with Crippen LogP contribution in [-0.2, 0) is 4.79 Å². The molecule has 1 aromatic carbocycles. The number of fused-ring (bicyclic) bond motifs is 1. The molecule has 0 saturated heterocycles. The molecule has 2 rings (SSSR count). The lowest BCUT2D eigenvalue weighted by molar-refractivity contribution is -0.118. The van der Waals surface area contributed by atoms with E-state index in [0.717, 1.165) is 0 Å². The number of allylic oxidation sites excluding steroid dienone is 1. The number of nitrogens with one attached hydrogen (secondary N) is 1. The van der Waals surface area contributed by atoms with Gasteiger partial charge in [-0.15, -0.1) is 0 Å². The maximum Gasteiger partial charge on any atom is 0.216 e. The van der Waals surface area contributed by atoms with E-state index in [1.165, 1.54) is 13.0 Å². The van der Waals surface area contributed by atoms with E-state index < -0.39 is 0 Å². The number of hydrogen-bond acceptors (Lipinski definition) is 3. The maximum atomic E-state index is 12.1. The van der Waals surface area contributed by atoms with Gasteiger partial charge >= 0.3 is 0 Å². The maximum absolute atomic E-state index is 12.1. The fourth-order valence-corrected chi connectivity index (χ4v) is 1.93. The zero-order chi connectivity index (χ0) is 13.1. The van der Waals surface area contributed by atoms with Crippen molar-refractivity contribution in [1.29, 1.82) is 0 Å². The Bertz CT molecular complexity index is 558. The Labute approximate surface area is 105 Å². The quantitative estimate of drug-likeness (QED) is 0.875. The van der Waals surface area contributed by atoms with Crippen molar-refractivity contribution in [3.63, 3.8) is 0 Å². The Kier molecular flexibility index (Phi) is 3.37. The summed E-state index contributed by atoms with van der Waals surface area (Å²) in [7, 11) is 0. The molecule has 1 N–H and O–H groups in total. The monoisotopic (exact) mass is 243 g/mol. The van der Waals surface area contributed by atoms with E-state index in [1.54, 1.807) is 24.3 Å². The van der Waals surface area contributed by atoms with Crippen LogP contribution >= 0.6 is 0 Å². The van der Waals surface area contributed by atoms with Gasteiger partial charge < -0.3 is 5.32 Å². The lowest BCUT2D eigenvalue weighted by Crippen LogP contribution is -2.24. The lowest BCUT2D eigenvalue weighted by atomic mass is 9.88. The summed E-state index contributed by atoms with van der Waals surface area (Å²) in [6, 6.07) is 6.78. The third-order valence-corrected chi connectivity index (χ3v) is 2.80. The van der Waals surface area contributed by atoms with Gasteiger partial charge in [-0.3, -0.25) is 14.4 Å². The highest BCUT2D eigenvalue weighted by molar-refractivity contribution is 6.24. The minimum atomic E-state index is -0.150. The summed E-state index contributed by atoms with van der Waals surface area (Å²) in [5.41, 5.74) is 1.35. The molecule has 0 bridgehead atoms. The average Bonchev–Trinajstić information content (AvgIpc) is 2.35. The first-order valence-corrected chi connectivity index (χ1v) is 5.72. The average molecular weight is 243 g/mol. The van der Waals surface area contributed by atoms with Gasteiger partial charge in [0, 0.05) is 30.2 Å². The summed E-state index contributed by atoms with van der Waals surface area (Å²) < 4.78 is 0. The second-order valence-corrected chi connectivity index (χ2v) is 4.14. The van der Waals surface area contributed by atoms with Crippen LogP contribution < -0.4 is 5.32 Å². The minimum Gasteiger partial charge on any atom is -0.356 e. The first-order chi connectivity index (χ1) is 8.59. The standard InChI is InChI=1S/C14H13NO3/c1-9(16)15-7-6-10-8-13(17)11-4-2-3-5-12(11)14(10)18/h2-5,8H,6-7H2,1H3,(H,15,16). The van der Waals surface area contributed by atoms with Crippen LogP contribution in [0.25, 0.3) is 0 Å². The Balaban J connectivity index is 2.18. The van der Waals surface area contributed by atoms with Crippen LogP contribution in [0.4, 0.5) is 0 Å². The number of carbonyl (C=O) groups excluding carboxylic acids is 3. The SMILES string of the molecule is CC(=O)NCCC1=CC(=O)c2ccccc2C1=O. The van der Waals surface area contributed by atoms with Crippen molar-refractivity contribution in [2.24, 2.45) is 0 Å². The van der Waals surface area contributed by atoms with Crippen molar-refractivity contribution in [3.05, 3.63) is 47.0 Å². The van der Waals surface area contributed by atoms with Crippen LogP contribution in [0.15, 0.2) is 35.9 Å². The number of hydrogen-bond donors (Lipinski definition) is 1. The second kappa shape index (κ2) is 4.96. The molecule has 0 radical (unpaired) electrons. The van der Waals surface area contributed by atoms with E-state index in [0.29, 0.717) is 29.7 Å². The first kappa shape index (κ1) is 12.2. The van der Waals surface area contributed by atoms with Crippen molar-refractivity contribution in [2.75, 3.05) is 6.54 Å². The van der Waals surface area contributed by atoms with E-state index in [1.807, 2.05) is 0 Å². The molecule has 18 heavy (non-hydrogen) atoms. The molecule has 4 nitrogen and oxygen atoms in total. The number of benzene rings is 1. The highest BCUT2D eigenvalue weighted by Crippen LogP contribution is 2.22. The molecule has 0 unspecified atom stereocenters. The van der Waals surface area contributed by atoms with Gasteiger partial charge in [0.2, 0.25) is 5.91 Å². The second-order valence-electron chi connectivity index (χ2n) is 4.14. The summed E-state index contributed by atoms with van der Waals surface area (Å²) in [5, 5.41) is 2.61. The van der Waals surface area contributed by atoms with Gasteiger partial charge in [0.15, 0.2) is 11.6 Å². The van der Waals surface area contributed by atoms with E-state index >= 15 is 0 Å². The molecule has 0 spiro atoms. The summed E-state index contributed by atoms with van der Waals surface area (Å²) in [6.45, 7) is 1.78. The van der Waals surface area contributed by atoms with E-state index in [2.05, 4.69) is 5.32 Å². The van der Waals surface area contributed by atoms with Crippen LogP contribution in [0.2, 0.25) is 0 Å². The summed E-state index contributed by atoms with van der Waals surface area (Å²) in [5.74, 6) is -0.427. The van der Waals surface area contributed by atoms with Crippen LogP contribution in [0.5, 0.6) is 0 Å². The van der Waals surface area contributed by atoms with Crippen LogP contribution in [0.3, 0.4) is 0 Å². The lowest BCUT2D eigenvalue weighted by Gasteiger charge is -2.14. The third kappa shape index (κ3) is 2.37. The number of ketones is 2. The molecule has 0 fully saturated rings. The molecule has 0 saturated carbocycles. The van der Waals surface area contributed by atoms with Gasteiger partial charge in [0.1, 0.15) is 0 Å². The summed E-state index contributed by atoms with van der Waals surface area (Å²) in [4.78, 5) is 34.7. The number of Topliss-reactive ketones (excluding diaryl/α,β-unsaturated/α-hetero) is 1. The number of carbonyl (C=O) groups is 3. The van der Waals surface area contributed by atoms with E-state index in [-0.39, 0.29) is 17.5 Å². The third-order valence-electron chi connectivity index (χ3n) is 2.80. The highest BCUT2D eigenvalue weighted by atomic mass is 16.1. The predicted octanol–water partition coefficient (Wildman–Crippen LogP) is 1.52. The van der Waals surface area contributed by atoms with Crippen LogP contribution in [-0.4, -0.2) is 24.0 Å². The minimum absolute atomic E-state index is 0.129. The van der Waals surface area contributed by atoms with Gasteiger partial charge in [0.25, 0.3) is 0 Å². The number of amides is 1. The zero-order valence-electron chi connectivity index (χ0n) is 10.0. The Morgan fingerprint density at radius 1 is 1.17 bits per heavy atom. The van der Waals surface area contributed by atoms with Gasteiger partial charge in [-0.05, 0) is 12.5 Å². The van der Waals surface area contributed by atoms with Crippen molar-refractivity contribution in [1.82, 2.24) is 5.32 Å². The Morgan fingerprint density at radius 3 is 2.50 bits per heavy atom. The molecular weight excluding hydrogens is 230 g/mol. The van der Waals surface area contributed by atoms with E-state index in [9.17, 15) is 14.4 Å². The summed E-state index contributed by atoms with van der Waals surface area (Å²) in [6.07, 6.45) is 1.74. The molecule has 0 aromatic heterocycles. The Hall–Kier alpha value is -2.23. The van der Waals surface area contributed by atoms with Gasteiger partial charge in [-0.1, -0.05) is 24.3 Å². The molecule has 1 aromatic rings. The molecule has 0 heterocycles. The molecule has 4 heteroatoms. The normalized spacial score (nSPS) is 13.9. The molecule has 92 valence electrons. The largest absolute Gasteiger partial charge is 0.356 e. The molecule has 1 aliphatic carbocycles. The first-order valence-electron chi connectivity index (χ1n) is 5.72. The predicted molar refractivity (Wildman–Crippen MR) is 66.5 cm³/mol. The van der Waals surface area contributed by atoms with E-state index in [4.69, 9.17) is 0 Å². The van der Waals surface area contributed by atoms with Crippen molar-refractivity contribution >= 4 is 17.5 Å². The highest BCUT2D eigenvalue weighted by Gasteiger charge is 2.24. The summed E-state index contributed by atoms with van der Waals surface area (Å²) >= 11 is 0. The van der Waals surface area contributed by atoms with Crippen LogP contribution in [0.1, 0.15) is 34.1 Å². The Morgan fingerprint density at radius 2 is 1.83 bits per heavy atom. The number of rotatable bonds is 3. The topological polar surface area (TPSA) is 63.2 Å². The van der Waals surface area contributed by atoms with Crippen molar-refractivity contribution in [2.45, 2.75) is 13.3 Å². The van der Waals surface area contributed by atoms with Crippen molar-refractivity contribution in [3.8, 4) is 0 Å².